The van der Waals surface area contributed by atoms with Crippen LogP contribution in [0.3, 0.4) is 0 Å². The van der Waals surface area contributed by atoms with Crippen molar-refractivity contribution in [3.63, 3.8) is 0 Å². The van der Waals surface area contributed by atoms with E-state index in [1.165, 1.54) is 23.1 Å². The number of hydrogen-bond acceptors (Lipinski definition) is 6. The first-order chi connectivity index (χ1) is 15.1. The smallest absolute Gasteiger partial charge is 0.235 e. The van der Waals surface area contributed by atoms with Gasteiger partial charge in [-0.2, -0.15) is 5.26 Å². The van der Waals surface area contributed by atoms with E-state index in [1.54, 1.807) is 11.4 Å². The molecule has 0 unspecified atom stereocenters. The quantitative estimate of drug-likeness (QED) is 0.374. The molecule has 0 saturated heterocycles. The molecule has 31 heavy (non-hydrogen) atoms. The summed E-state index contributed by atoms with van der Waals surface area (Å²) in [4.78, 5) is 12.4. The summed E-state index contributed by atoms with van der Waals surface area (Å²) >= 11 is 8.65. The van der Waals surface area contributed by atoms with E-state index in [0.717, 1.165) is 11.1 Å². The number of hydrogen-bond donors (Lipinski definition) is 1. The third-order valence-electron chi connectivity index (χ3n) is 4.37. The van der Waals surface area contributed by atoms with Crippen molar-refractivity contribution in [1.29, 1.82) is 5.26 Å². The topological polar surface area (TPSA) is 83.6 Å². The van der Waals surface area contributed by atoms with E-state index < -0.39 is 0 Å². The third kappa shape index (κ3) is 5.14. The van der Waals surface area contributed by atoms with Crippen molar-refractivity contribution in [3.8, 4) is 17.5 Å². The van der Waals surface area contributed by atoms with Crippen LogP contribution in [0.25, 0.3) is 11.4 Å². The summed E-state index contributed by atoms with van der Waals surface area (Å²) in [5.41, 5.74) is 2.45. The Kier molecular flexibility index (Phi) is 6.67. The maximum atomic E-state index is 12.4. The summed E-state index contributed by atoms with van der Waals surface area (Å²) in [7, 11) is 0. The maximum Gasteiger partial charge on any atom is 0.235 e. The lowest BCUT2D eigenvalue weighted by molar-refractivity contribution is -0.113. The van der Waals surface area contributed by atoms with Crippen molar-refractivity contribution in [2.75, 3.05) is 11.1 Å². The van der Waals surface area contributed by atoms with Crippen LogP contribution < -0.4 is 5.32 Å². The molecule has 0 atom stereocenters. The van der Waals surface area contributed by atoms with E-state index >= 15 is 0 Å². The number of amides is 1. The number of aromatic nitrogens is 3. The molecule has 0 bridgehead atoms. The molecule has 154 valence electrons. The van der Waals surface area contributed by atoms with Crippen LogP contribution >= 0.6 is 34.7 Å². The summed E-state index contributed by atoms with van der Waals surface area (Å²) in [6, 6.07) is 21.2. The molecule has 2 aromatic carbocycles. The van der Waals surface area contributed by atoms with Crippen LogP contribution in [-0.4, -0.2) is 26.4 Å². The number of nitrogens with zero attached hydrogens (tertiary/aromatic N) is 4. The summed E-state index contributed by atoms with van der Waals surface area (Å²) in [5, 5.41) is 24.2. The molecule has 0 fully saturated rings. The molecule has 4 aromatic rings. The zero-order chi connectivity index (χ0) is 21.6. The Morgan fingerprint density at radius 2 is 1.90 bits per heavy atom. The Morgan fingerprint density at radius 3 is 2.65 bits per heavy atom. The monoisotopic (exact) mass is 465 g/mol. The Balaban J connectivity index is 1.56. The molecule has 6 nitrogen and oxygen atoms in total. The summed E-state index contributed by atoms with van der Waals surface area (Å²) in [6.07, 6.45) is 0. The van der Waals surface area contributed by atoms with Gasteiger partial charge in [-0.3, -0.25) is 9.36 Å². The highest BCUT2D eigenvalue weighted by Gasteiger charge is 2.17. The normalized spacial score (nSPS) is 10.6. The van der Waals surface area contributed by atoms with Gasteiger partial charge < -0.3 is 5.32 Å². The van der Waals surface area contributed by atoms with Crippen LogP contribution in [-0.2, 0) is 11.3 Å². The molecule has 0 saturated carbocycles. The van der Waals surface area contributed by atoms with Crippen LogP contribution in [0.1, 0.15) is 11.1 Å². The van der Waals surface area contributed by atoms with Gasteiger partial charge in [0.1, 0.15) is 11.1 Å². The van der Waals surface area contributed by atoms with Crippen LogP contribution in [0.5, 0.6) is 0 Å². The van der Waals surface area contributed by atoms with Crippen molar-refractivity contribution in [2.45, 2.75) is 11.7 Å². The minimum absolute atomic E-state index is 0.149. The first-order valence-corrected chi connectivity index (χ1v) is 11.5. The largest absolute Gasteiger partial charge is 0.316 e. The van der Waals surface area contributed by atoms with Crippen LogP contribution in [0.2, 0.25) is 5.02 Å². The molecule has 0 aliphatic rings. The molecular formula is C22H16ClN5OS2. The second kappa shape index (κ2) is 9.79. The number of nitrogens with one attached hydrogen (secondary N) is 1. The molecule has 0 aliphatic carbocycles. The highest BCUT2D eigenvalue weighted by atomic mass is 35.5. The molecular weight excluding hydrogens is 450 g/mol. The number of rotatable bonds is 7. The van der Waals surface area contributed by atoms with Gasteiger partial charge >= 0.3 is 0 Å². The van der Waals surface area contributed by atoms with E-state index in [2.05, 4.69) is 21.6 Å². The molecule has 2 aromatic heterocycles. The predicted molar refractivity (Wildman–Crippen MR) is 124 cm³/mol. The second-order valence-corrected chi connectivity index (χ2v) is 8.79. The first kappa shape index (κ1) is 21.1. The van der Waals surface area contributed by atoms with Crippen molar-refractivity contribution < 1.29 is 4.79 Å². The van der Waals surface area contributed by atoms with Crippen LogP contribution in [0.15, 0.2) is 71.2 Å². The molecule has 4 rings (SSSR count). The lowest BCUT2D eigenvalue weighted by atomic mass is 10.2. The fourth-order valence-electron chi connectivity index (χ4n) is 2.90. The van der Waals surface area contributed by atoms with Gasteiger partial charge in [-0.05, 0) is 41.3 Å². The Morgan fingerprint density at radius 1 is 1.13 bits per heavy atom. The van der Waals surface area contributed by atoms with E-state index in [4.69, 9.17) is 16.9 Å². The average molecular weight is 466 g/mol. The second-order valence-electron chi connectivity index (χ2n) is 6.50. The molecule has 2 heterocycles. The SMILES string of the molecule is N#Cc1ccsc1NC(=O)CSc1nnc(-c2ccc(Cl)cc2)n1Cc1ccccc1. The number of halogens is 1. The van der Waals surface area contributed by atoms with E-state index in [-0.39, 0.29) is 11.7 Å². The summed E-state index contributed by atoms with van der Waals surface area (Å²) in [5.74, 6) is 0.649. The molecule has 9 heteroatoms. The number of anilines is 1. The van der Waals surface area contributed by atoms with Crippen molar-refractivity contribution in [3.05, 3.63) is 82.2 Å². The lowest BCUT2D eigenvalue weighted by Gasteiger charge is -2.11. The molecule has 1 N–H and O–H groups in total. The van der Waals surface area contributed by atoms with Gasteiger partial charge in [-0.1, -0.05) is 53.7 Å². The third-order valence-corrected chi connectivity index (χ3v) is 6.42. The van der Waals surface area contributed by atoms with Crippen LogP contribution in [0, 0.1) is 11.3 Å². The van der Waals surface area contributed by atoms with Gasteiger partial charge in [-0.15, -0.1) is 21.5 Å². The van der Waals surface area contributed by atoms with Crippen molar-refractivity contribution >= 4 is 45.6 Å². The highest BCUT2D eigenvalue weighted by Crippen LogP contribution is 2.27. The van der Waals surface area contributed by atoms with Gasteiger partial charge in [0.05, 0.1) is 17.9 Å². The van der Waals surface area contributed by atoms with Crippen LogP contribution in [0.4, 0.5) is 5.00 Å². The summed E-state index contributed by atoms with van der Waals surface area (Å²) < 4.78 is 1.99. The molecule has 0 radical (unpaired) electrons. The minimum Gasteiger partial charge on any atom is -0.316 e. The lowest BCUT2D eigenvalue weighted by Crippen LogP contribution is -2.14. The highest BCUT2D eigenvalue weighted by molar-refractivity contribution is 7.99. The van der Waals surface area contributed by atoms with Crippen molar-refractivity contribution in [2.24, 2.45) is 0 Å². The van der Waals surface area contributed by atoms with E-state index in [1.807, 2.05) is 59.2 Å². The molecule has 0 aliphatic heterocycles. The molecule has 0 spiro atoms. The fourth-order valence-corrected chi connectivity index (χ4v) is 4.52. The van der Waals surface area contributed by atoms with Gasteiger partial charge in [0.25, 0.3) is 0 Å². The number of thiophene rings is 1. The van der Waals surface area contributed by atoms with E-state index in [9.17, 15) is 4.79 Å². The van der Waals surface area contributed by atoms with Crippen molar-refractivity contribution in [1.82, 2.24) is 14.8 Å². The Hall–Kier alpha value is -3.12. The zero-order valence-electron chi connectivity index (χ0n) is 16.2. The number of benzene rings is 2. The molecule has 1 amide bonds. The number of carbonyl (C=O) groups is 1. The first-order valence-electron chi connectivity index (χ1n) is 9.27. The number of carbonyl (C=O) groups excluding carboxylic acids is 1. The number of nitriles is 1. The Bertz CT molecular complexity index is 1230. The Labute approximate surface area is 192 Å². The minimum atomic E-state index is -0.203. The van der Waals surface area contributed by atoms with Gasteiger partial charge in [-0.25, -0.2) is 0 Å². The average Bonchev–Trinajstić information content (AvgIpc) is 3.40. The predicted octanol–water partition coefficient (Wildman–Crippen LogP) is 5.31. The maximum absolute atomic E-state index is 12.4. The van der Waals surface area contributed by atoms with Gasteiger partial charge in [0, 0.05) is 10.6 Å². The van der Waals surface area contributed by atoms with Gasteiger partial charge in [0.15, 0.2) is 11.0 Å². The fraction of sp³-hybridized carbons (Fsp3) is 0.0909. The van der Waals surface area contributed by atoms with Gasteiger partial charge in [0.2, 0.25) is 5.91 Å². The standard InChI is InChI=1S/C22H16ClN5OS2/c23-18-8-6-16(7-9-18)20-26-27-22(28(20)13-15-4-2-1-3-5-15)31-14-19(29)25-21-17(12-24)10-11-30-21/h1-11H,13-14H2,(H,25,29). The van der Waals surface area contributed by atoms with E-state index in [0.29, 0.717) is 33.1 Å². The number of thioether (sulfide) groups is 1. The summed E-state index contributed by atoms with van der Waals surface area (Å²) in [6.45, 7) is 0.569. The zero-order valence-corrected chi connectivity index (χ0v) is 18.5.